The molecule has 0 aromatic heterocycles. The lowest BCUT2D eigenvalue weighted by atomic mass is 9.96. The first-order chi connectivity index (χ1) is 11.2. The van der Waals surface area contributed by atoms with E-state index in [1.807, 2.05) is 0 Å². The average molecular weight is 365 g/mol. The molecule has 0 aliphatic carbocycles. The SMILES string of the molecule is CC(C)(C)C(=O)OC(C(=O)c1ccc(Cl)cc1)c1ccc(Cl)cc1. The minimum Gasteiger partial charge on any atom is -0.449 e. The zero-order chi connectivity index (χ0) is 17.9. The minimum absolute atomic E-state index is 0.313. The Kier molecular flexibility index (Phi) is 5.68. The van der Waals surface area contributed by atoms with Crippen LogP contribution in [-0.2, 0) is 9.53 Å². The minimum atomic E-state index is -1.03. The van der Waals surface area contributed by atoms with Gasteiger partial charge in [0.1, 0.15) is 0 Å². The molecule has 5 heteroatoms. The van der Waals surface area contributed by atoms with Crippen molar-refractivity contribution in [2.24, 2.45) is 5.41 Å². The molecule has 3 nitrogen and oxygen atoms in total. The number of esters is 1. The third-order valence-corrected chi connectivity index (χ3v) is 3.88. The quantitative estimate of drug-likeness (QED) is 0.530. The second kappa shape index (κ2) is 7.37. The second-order valence-electron chi connectivity index (χ2n) is 6.46. The lowest BCUT2D eigenvalue weighted by Crippen LogP contribution is -2.28. The fraction of sp³-hybridized carbons (Fsp3) is 0.263. The topological polar surface area (TPSA) is 43.4 Å². The molecule has 2 rings (SSSR count). The van der Waals surface area contributed by atoms with Crippen LogP contribution in [-0.4, -0.2) is 11.8 Å². The van der Waals surface area contributed by atoms with Crippen molar-refractivity contribution in [3.05, 3.63) is 69.7 Å². The number of Topliss-reactive ketones (excluding diaryl/α,β-unsaturated/α-hetero) is 1. The summed E-state index contributed by atoms with van der Waals surface area (Å²) in [6.45, 7) is 5.21. The number of carbonyl (C=O) groups is 2. The number of benzene rings is 2. The summed E-state index contributed by atoms with van der Waals surface area (Å²) < 4.78 is 5.52. The average Bonchev–Trinajstić information content (AvgIpc) is 2.52. The monoisotopic (exact) mass is 364 g/mol. The van der Waals surface area contributed by atoms with Gasteiger partial charge in [-0.25, -0.2) is 0 Å². The fourth-order valence-electron chi connectivity index (χ4n) is 1.96. The van der Waals surface area contributed by atoms with Gasteiger partial charge in [0.2, 0.25) is 5.78 Å². The van der Waals surface area contributed by atoms with Crippen molar-refractivity contribution in [1.82, 2.24) is 0 Å². The molecular formula is C19H18Cl2O3. The van der Waals surface area contributed by atoms with Gasteiger partial charge < -0.3 is 4.74 Å². The molecule has 0 amide bonds. The van der Waals surface area contributed by atoms with E-state index in [0.29, 0.717) is 21.2 Å². The summed E-state index contributed by atoms with van der Waals surface area (Å²) in [6.07, 6.45) is -1.03. The fourth-order valence-corrected chi connectivity index (χ4v) is 2.21. The van der Waals surface area contributed by atoms with Gasteiger partial charge in [0.15, 0.2) is 6.10 Å². The summed E-state index contributed by atoms with van der Waals surface area (Å²) in [5.74, 6) is -0.767. The summed E-state index contributed by atoms with van der Waals surface area (Å²) >= 11 is 11.8. The van der Waals surface area contributed by atoms with Crippen LogP contribution in [0.5, 0.6) is 0 Å². The van der Waals surface area contributed by atoms with Gasteiger partial charge in [0.25, 0.3) is 0 Å². The second-order valence-corrected chi connectivity index (χ2v) is 7.33. The summed E-state index contributed by atoms with van der Waals surface area (Å²) in [5.41, 5.74) is 0.267. The highest BCUT2D eigenvalue weighted by Gasteiger charge is 2.31. The Morgan fingerprint density at radius 3 is 1.79 bits per heavy atom. The van der Waals surface area contributed by atoms with Crippen LogP contribution in [0.3, 0.4) is 0 Å². The molecule has 0 heterocycles. The van der Waals surface area contributed by atoms with E-state index in [1.165, 1.54) is 0 Å². The molecule has 0 bridgehead atoms. The van der Waals surface area contributed by atoms with Gasteiger partial charge in [-0.1, -0.05) is 35.3 Å². The summed E-state index contributed by atoms with van der Waals surface area (Å²) in [7, 11) is 0. The number of hydrogen-bond donors (Lipinski definition) is 0. The van der Waals surface area contributed by atoms with Gasteiger partial charge in [-0.3, -0.25) is 9.59 Å². The highest BCUT2D eigenvalue weighted by atomic mass is 35.5. The van der Waals surface area contributed by atoms with E-state index in [-0.39, 0.29) is 5.78 Å². The van der Waals surface area contributed by atoms with E-state index in [9.17, 15) is 9.59 Å². The van der Waals surface area contributed by atoms with E-state index < -0.39 is 17.5 Å². The number of rotatable bonds is 4. The van der Waals surface area contributed by atoms with E-state index in [4.69, 9.17) is 27.9 Å². The van der Waals surface area contributed by atoms with Crippen LogP contribution in [0.1, 0.15) is 42.8 Å². The Bertz CT molecular complexity index is 729. The Hall–Kier alpha value is -1.84. The highest BCUT2D eigenvalue weighted by molar-refractivity contribution is 6.31. The number of hydrogen-bond acceptors (Lipinski definition) is 3. The standard InChI is InChI=1S/C19H18Cl2O3/c1-19(2,3)18(23)24-17(13-6-10-15(21)11-7-13)16(22)12-4-8-14(20)9-5-12/h4-11,17H,1-3H3. The van der Waals surface area contributed by atoms with Crippen LogP contribution < -0.4 is 0 Å². The molecule has 126 valence electrons. The maximum absolute atomic E-state index is 12.9. The molecule has 1 unspecified atom stereocenters. The van der Waals surface area contributed by atoms with E-state index in [2.05, 4.69) is 0 Å². The maximum Gasteiger partial charge on any atom is 0.312 e. The molecule has 0 aliphatic heterocycles. The van der Waals surface area contributed by atoms with Gasteiger partial charge in [-0.2, -0.15) is 0 Å². The van der Waals surface area contributed by atoms with E-state index in [1.54, 1.807) is 69.3 Å². The zero-order valence-corrected chi connectivity index (χ0v) is 15.2. The van der Waals surface area contributed by atoms with Crippen molar-refractivity contribution in [3.8, 4) is 0 Å². The predicted octanol–water partition coefficient (Wildman–Crippen LogP) is 5.51. The molecule has 0 radical (unpaired) electrons. The van der Waals surface area contributed by atoms with Crippen molar-refractivity contribution in [3.63, 3.8) is 0 Å². The molecule has 24 heavy (non-hydrogen) atoms. The first-order valence-electron chi connectivity index (χ1n) is 7.45. The van der Waals surface area contributed by atoms with Crippen molar-refractivity contribution in [2.45, 2.75) is 26.9 Å². The normalized spacial score (nSPS) is 12.5. The van der Waals surface area contributed by atoms with Crippen LogP contribution in [0.4, 0.5) is 0 Å². The maximum atomic E-state index is 12.9. The molecule has 0 fully saturated rings. The van der Waals surface area contributed by atoms with Gasteiger partial charge in [0, 0.05) is 21.2 Å². The van der Waals surface area contributed by atoms with E-state index >= 15 is 0 Å². The molecule has 0 aliphatic rings. The Morgan fingerprint density at radius 1 is 0.875 bits per heavy atom. The largest absolute Gasteiger partial charge is 0.449 e. The summed E-state index contributed by atoms with van der Waals surface area (Å²) in [4.78, 5) is 25.1. The summed E-state index contributed by atoms with van der Waals surface area (Å²) in [6, 6.07) is 13.1. The van der Waals surface area contributed by atoms with Crippen LogP contribution in [0.25, 0.3) is 0 Å². The van der Waals surface area contributed by atoms with Crippen molar-refractivity contribution in [1.29, 1.82) is 0 Å². The molecule has 2 aromatic rings. The number of ether oxygens (including phenoxy) is 1. The Balaban J connectivity index is 2.38. The number of ketones is 1. The van der Waals surface area contributed by atoms with Crippen LogP contribution in [0.15, 0.2) is 48.5 Å². The molecule has 0 saturated carbocycles. The lowest BCUT2D eigenvalue weighted by Gasteiger charge is -2.23. The highest BCUT2D eigenvalue weighted by Crippen LogP contribution is 2.28. The number of carbonyl (C=O) groups excluding carboxylic acids is 2. The molecule has 0 N–H and O–H groups in total. The molecule has 1 atom stereocenters. The Labute approximate surface area is 151 Å². The molecule has 0 saturated heterocycles. The number of halogens is 2. The van der Waals surface area contributed by atoms with Gasteiger partial charge in [0.05, 0.1) is 5.41 Å². The van der Waals surface area contributed by atoms with E-state index in [0.717, 1.165) is 0 Å². The van der Waals surface area contributed by atoms with Crippen molar-refractivity contribution in [2.75, 3.05) is 0 Å². The van der Waals surface area contributed by atoms with Crippen molar-refractivity contribution < 1.29 is 14.3 Å². The first kappa shape index (κ1) is 18.5. The zero-order valence-electron chi connectivity index (χ0n) is 13.7. The van der Waals surface area contributed by atoms with Crippen LogP contribution in [0, 0.1) is 5.41 Å². The smallest absolute Gasteiger partial charge is 0.312 e. The van der Waals surface area contributed by atoms with Crippen molar-refractivity contribution >= 4 is 35.0 Å². The van der Waals surface area contributed by atoms with Gasteiger partial charge in [-0.15, -0.1) is 0 Å². The summed E-state index contributed by atoms with van der Waals surface area (Å²) in [5, 5.41) is 1.07. The predicted molar refractivity (Wildman–Crippen MR) is 95.5 cm³/mol. The molecular weight excluding hydrogens is 347 g/mol. The van der Waals surface area contributed by atoms with Crippen LogP contribution >= 0.6 is 23.2 Å². The lowest BCUT2D eigenvalue weighted by molar-refractivity contribution is -0.156. The Morgan fingerprint density at radius 2 is 1.33 bits per heavy atom. The first-order valence-corrected chi connectivity index (χ1v) is 8.20. The van der Waals surface area contributed by atoms with Crippen LogP contribution in [0.2, 0.25) is 10.0 Å². The third-order valence-electron chi connectivity index (χ3n) is 3.38. The third kappa shape index (κ3) is 4.59. The van der Waals surface area contributed by atoms with Gasteiger partial charge >= 0.3 is 5.97 Å². The molecule has 0 spiro atoms. The molecule has 2 aromatic carbocycles. The van der Waals surface area contributed by atoms with Gasteiger partial charge in [-0.05, 0) is 57.2 Å².